The molecule has 0 saturated carbocycles. The Bertz CT molecular complexity index is 489. The van der Waals surface area contributed by atoms with Gasteiger partial charge in [0.25, 0.3) is 5.69 Å². The van der Waals surface area contributed by atoms with Crippen molar-refractivity contribution in [2.24, 2.45) is 0 Å². The molecule has 2 aromatic rings. The Morgan fingerprint density at radius 1 is 1.27 bits per heavy atom. The molecule has 4 nitrogen and oxygen atoms in total. The number of aromatic nitrogens is 1. The number of hydrogen-bond donors (Lipinski definition) is 1. The van der Waals surface area contributed by atoms with E-state index in [4.69, 9.17) is 0 Å². The van der Waals surface area contributed by atoms with E-state index in [0.29, 0.717) is 5.56 Å². The lowest BCUT2D eigenvalue weighted by atomic mass is 10.0. The summed E-state index contributed by atoms with van der Waals surface area (Å²) in [7, 11) is 0. The van der Waals surface area contributed by atoms with Gasteiger partial charge in [0.15, 0.2) is 0 Å². The molecule has 0 amide bonds. The number of nitro groups is 1. The van der Waals surface area contributed by atoms with Gasteiger partial charge in [0.1, 0.15) is 0 Å². The van der Waals surface area contributed by atoms with E-state index in [2.05, 4.69) is 4.98 Å². The third kappa shape index (κ3) is 1.61. The fourth-order valence-corrected chi connectivity index (χ4v) is 1.61. The Balaban J connectivity index is 2.59. The van der Waals surface area contributed by atoms with E-state index in [9.17, 15) is 10.1 Å². The number of nitro benzene ring substituents is 1. The Morgan fingerprint density at radius 3 is 2.67 bits per heavy atom. The minimum Gasteiger partial charge on any atom is -0.361 e. The molecule has 1 aromatic carbocycles. The first-order chi connectivity index (χ1) is 7.20. The zero-order valence-electron chi connectivity index (χ0n) is 8.23. The molecule has 1 N–H and O–H groups in total. The van der Waals surface area contributed by atoms with Crippen LogP contribution in [0.3, 0.4) is 0 Å². The molecule has 1 aromatic heterocycles. The summed E-state index contributed by atoms with van der Waals surface area (Å²) in [6, 6.07) is 8.84. The molecule has 15 heavy (non-hydrogen) atoms. The molecule has 1 heterocycles. The van der Waals surface area contributed by atoms with Gasteiger partial charge in [-0.05, 0) is 19.1 Å². The van der Waals surface area contributed by atoms with Gasteiger partial charge in [0, 0.05) is 29.1 Å². The zero-order valence-corrected chi connectivity index (χ0v) is 8.23. The first-order valence-corrected chi connectivity index (χ1v) is 4.58. The van der Waals surface area contributed by atoms with Gasteiger partial charge in [-0.2, -0.15) is 0 Å². The summed E-state index contributed by atoms with van der Waals surface area (Å²) < 4.78 is 0. The third-order valence-corrected chi connectivity index (χ3v) is 2.39. The Morgan fingerprint density at radius 2 is 2.07 bits per heavy atom. The topological polar surface area (TPSA) is 58.9 Å². The van der Waals surface area contributed by atoms with Crippen LogP contribution in [0.4, 0.5) is 5.69 Å². The molecular formula is C11H10N2O2. The smallest absolute Gasteiger partial charge is 0.272 e. The number of hydrogen-bond acceptors (Lipinski definition) is 2. The van der Waals surface area contributed by atoms with Gasteiger partial charge in [0.05, 0.1) is 4.92 Å². The quantitative estimate of drug-likeness (QED) is 0.601. The summed E-state index contributed by atoms with van der Waals surface area (Å²) in [4.78, 5) is 13.4. The zero-order chi connectivity index (χ0) is 10.8. The largest absolute Gasteiger partial charge is 0.361 e. The molecule has 4 heteroatoms. The van der Waals surface area contributed by atoms with Crippen LogP contribution in [-0.4, -0.2) is 9.91 Å². The maximum Gasteiger partial charge on any atom is 0.272 e. The van der Waals surface area contributed by atoms with Crippen LogP contribution in [0.15, 0.2) is 36.5 Å². The molecule has 0 aliphatic rings. The molecule has 0 aliphatic heterocycles. The predicted octanol–water partition coefficient (Wildman–Crippen LogP) is 2.90. The second-order valence-corrected chi connectivity index (χ2v) is 3.29. The number of rotatable bonds is 2. The number of nitrogens with one attached hydrogen (secondary N) is 1. The predicted molar refractivity (Wildman–Crippen MR) is 57.6 cm³/mol. The van der Waals surface area contributed by atoms with E-state index in [1.54, 1.807) is 19.2 Å². The van der Waals surface area contributed by atoms with Crippen LogP contribution in [0.5, 0.6) is 0 Å². The monoisotopic (exact) mass is 202 g/mol. The molecule has 76 valence electrons. The van der Waals surface area contributed by atoms with E-state index < -0.39 is 0 Å². The van der Waals surface area contributed by atoms with Crippen LogP contribution in [-0.2, 0) is 0 Å². The summed E-state index contributed by atoms with van der Waals surface area (Å²) in [5.74, 6) is 0. The lowest BCUT2D eigenvalue weighted by molar-refractivity contribution is -0.385. The van der Waals surface area contributed by atoms with Crippen LogP contribution in [0.1, 0.15) is 5.56 Å². The van der Waals surface area contributed by atoms with Crippen LogP contribution in [0.25, 0.3) is 11.3 Å². The molecule has 0 spiro atoms. The van der Waals surface area contributed by atoms with Crippen molar-refractivity contribution in [3.63, 3.8) is 0 Å². The average molecular weight is 202 g/mol. The second kappa shape index (κ2) is 3.57. The molecule has 2 rings (SSSR count). The molecule has 0 saturated heterocycles. The van der Waals surface area contributed by atoms with Crippen molar-refractivity contribution in [2.45, 2.75) is 6.92 Å². The van der Waals surface area contributed by atoms with Crippen LogP contribution in [0, 0.1) is 17.0 Å². The highest BCUT2D eigenvalue weighted by molar-refractivity contribution is 5.68. The first-order valence-electron chi connectivity index (χ1n) is 4.58. The maximum atomic E-state index is 10.7. The minimum absolute atomic E-state index is 0.155. The van der Waals surface area contributed by atoms with Crippen molar-refractivity contribution in [1.29, 1.82) is 0 Å². The Labute approximate surface area is 86.7 Å². The number of H-pyrrole nitrogens is 1. The highest BCUT2D eigenvalue weighted by Crippen LogP contribution is 2.28. The molecule has 0 fully saturated rings. The van der Waals surface area contributed by atoms with Crippen molar-refractivity contribution in [1.82, 2.24) is 4.98 Å². The van der Waals surface area contributed by atoms with E-state index >= 15 is 0 Å². The molecule has 0 bridgehead atoms. The summed E-state index contributed by atoms with van der Waals surface area (Å²) in [5, 5.41) is 10.7. The number of benzene rings is 1. The number of nitrogens with zero attached hydrogens (tertiary/aromatic N) is 1. The van der Waals surface area contributed by atoms with Gasteiger partial charge >= 0.3 is 0 Å². The van der Waals surface area contributed by atoms with Gasteiger partial charge in [-0.3, -0.25) is 10.1 Å². The van der Waals surface area contributed by atoms with Crippen molar-refractivity contribution < 1.29 is 4.92 Å². The maximum absolute atomic E-state index is 10.7. The van der Waals surface area contributed by atoms with Crippen molar-refractivity contribution >= 4 is 5.69 Å². The van der Waals surface area contributed by atoms with Crippen molar-refractivity contribution in [3.05, 3.63) is 52.2 Å². The summed E-state index contributed by atoms with van der Waals surface area (Å²) in [6.07, 6.45) is 1.80. The lowest BCUT2D eigenvalue weighted by Crippen LogP contribution is -1.93. The molecule has 0 atom stereocenters. The average Bonchev–Trinajstić information content (AvgIpc) is 2.70. The van der Waals surface area contributed by atoms with E-state index in [1.165, 1.54) is 6.07 Å². The fourth-order valence-electron chi connectivity index (χ4n) is 1.61. The van der Waals surface area contributed by atoms with E-state index in [1.807, 2.05) is 18.2 Å². The molecular weight excluding hydrogens is 192 g/mol. The highest BCUT2D eigenvalue weighted by Gasteiger charge is 2.14. The fraction of sp³-hybridized carbons (Fsp3) is 0.0909. The van der Waals surface area contributed by atoms with Crippen molar-refractivity contribution in [2.75, 3.05) is 0 Å². The van der Waals surface area contributed by atoms with Crippen LogP contribution < -0.4 is 0 Å². The minimum atomic E-state index is -0.359. The normalized spacial score (nSPS) is 10.2. The van der Waals surface area contributed by atoms with Crippen molar-refractivity contribution in [3.8, 4) is 11.3 Å². The molecule has 0 unspecified atom stereocenters. The third-order valence-electron chi connectivity index (χ3n) is 2.39. The highest BCUT2D eigenvalue weighted by atomic mass is 16.6. The van der Waals surface area contributed by atoms with Gasteiger partial charge < -0.3 is 4.98 Å². The van der Waals surface area contributed by atoms with E-state index in [0.717, 1.165) is 11.3 Å². The number of aromatic amines is 1. The van der Waals surface area contributed by atoms with Gasteiger partial charge in [-0.1, -0.05) is 12.1 Å². The summed E-state index contributed by atoms with van der Waals surface area (Å²) in [5.41, 5.74) is 2.61. The molecule has 0 radical (unpaired) electrons. The van der Waals surface area contributed by atoms with Crippen LogP contribution >= 0.6 is 0 Å². The standard InChI is InChI=1S/C11H10N2O2/c1-8-9(10-5-3-7-12-10)4-2-6-11(8)13(14)15/h2-7,12H,1H3. The molecule has 0 aliphatic carbocycles. The summed E-state index contributed by atoms with van der Waals surface area (Å²) in [6.45, 7) is 1.76. The van der Waals surface area contributed by atoms with Crippen LogP contribution in [0.2, 0.25) is 0 Å². The SMILES string of the molecule is Cc1c(-c2ccc[nH]2)cccc1[N+](=O)[O-]. The van der Waals surface area contributed by atoms with E-state index in [-0.39, 0.29) is 10.6 Å². The van der Waals surface area contributed by atoms with Gasteiger partial charge in [-0.25, -0.2) is 0 Å². The van der Waals surface area contributed by atoms with Gasteiger partial charge in [0.2, 0.25) is 0 Å². The first kappa shape index (κ1) is 9.45. The van der Waals surface area contributed by atoms with Gasteiger partial charge in [-0.15, -0.1) is 0 Å². The Kier molecular flexibility index (Phi) is 2.25. The second-order valence-electron chi connectivity index (χ2n) is 3.29. The summed E-state index contributed by atoms with van der Waals surface area (Å²) >= 11 is 0. The lowest BCUT2D eigenvalue weighted by Gasteiger charge is -2.03. The Hall–Kier alpha value is -2.10.